The Labute approximate surface area is 108 Å². The Bertz CT molecular complexity index is 502. The number of nitro benzene ring substituents is 1. The minimum absolute atomic E-state index is 0.156. The van der Waals surface area contributed by atoms with E-state index in [1.54, 1.807) is 0 Å². The summed E-state index contributed by atoms with van der Waals surface area (Å²) in [5.74, 6) is -1.63. The average Bonchev–Trinajstić information content (AvgIpc) is 2.36. The summed E-state index contributed by atoms with van der Waals surface area (Å²) in [6.45, 7) is 0.895. The van der Waals surface area contributed by atoms with Crippen molar-refractivity contribution in [3.05, 3.63) is 34.4 Å². The van der Waals surface area contributed by atoms with Gasteiger partial charge in [-0.05, 0) is 13.0 Å². The molecule has 1 amide bonds. The summed E-state index contributed by atoms with van der Waals surface area (Å²) in [4.78, 5) is 31.7. The molecule has 0 unspecified atom stereocenters. The zero-order valence-corrected chi connectivity index (χ0v) is 10.0. The summed E-state index contributed by atoms with van der Waals surface area (Å²) in [6, 6.07) is 4.32. The van der Waals surface area contributed by atoms with E-state index in [1.807, 2.05) is 0 Å². The minimum atomic E-state index is -1.16. The first kappa shape index (κ1) is 14.4. The van der Waals surface area contributed by atoms with E-state index >= 15 is 0 Å². The first-order chi connectivity index (χ1) is 8.90. The molecule has 1 aromatic rings. The number of carboxylic acid groups (broad SMARTS) is 1. The highest BCUT2D eigenvalue weighted by atomic mass is 16.6. The third kappa shape index (κ3) is 4.62. The fourth-order valence-corrected chi connectivity index (χ4v) is 1.18. The number of nitrogens with one attached hydrogen (secondary N) is 1. The molecule has 19 heavy (non-hydrogen) atoms. The van der Waals surface area contributed by atoms with E-state index in [4.69, 9.17) is 9.84 Å². The molecule has 8 nitrogen and oxygen atoms in total. The van der Waals surface area contributed by atoms with Crippen molar-refractivity contribution in [3.63, 3.8) is 0 Å². The van der Waals surface area contributed by atoms with Gasteiger partial charge >= 0.3 is 5.97 Å². The number of amides is 1. The molecule has 0 heterocycles. The molecule has 0 bridgehead atoms. The number of hydrogen-bond acceptors (Lipinski definition) is 5. The summed E-state index contributed by atoms with van der Waals surface area (Å²) in [7, 11) is 0. The number of benzene rings is 1. The van der Waals surface area contributed by atoms with Gasteiger partial charge in [-0.1, -0.05) is 6.07 Å². The van der Waals surface area contributed by atoms with Crippen LogP contribution in [0, 0.1) is 10.1 Å². The number of rotatable bonds is 6. The van der Waals surface area contributed by atoms with Crippen LogP contribution in [0.5, 0.6) is 5.75 Å². The molecule has 0 saturated heterocycles. The molecular weight excluding hydrogens is 256 g/mol. The van der Waals surface area contributed by atoms with Gasteiger partial charge < -0.3 is 15.2 Å². The maximum Gasteiger partial charge on any atom is 0.325 e. The van der Waals surface area contributed by atoms with Crippen LogP contribution >= 0.6 is 0 Å². The molecule has 102 valence electrons. The van der Waals surface area contributed by atoms with Crippen molar-refractivity contribution < 1.29 is 24.4 Å². The largest absolute Gasteiger partial charge is 0.484 e. The standard InChI is InChI=1S/C11H12N2O6/c1-7(11(15)16)12-10(14)6-19-9-4-2-3-8(5-9)13(17)18/h2-5,7H,6H2,1H3,(H,12,14)(H,15,16)/t7-/m0/s1. The average molecular weight is 268 g/mol. The number of nitrogens with zero attached hydrogens (tertiary/aromatic N) is 1. The first-order valence-corrected chi connectivity index (χ1v) is 5.29. The van der Waals surface area contributed by atoms with E-state index in [0.29, 0.717) is 0 Å². The maximum atomic E-state index is 11.3. The van der Waals surface area contributed by atoms with Gasteiger partial charge in [-0.15, -0.1) is 0 Å². The number of carboxylic acids is 1. The van der Waals surface area contributed by atoms with E-state index in [-0.39, 0.29) is 11.4 Å². The van der Waals surface area contributed by atoms with Crippen LogP contribution in [0.25, 0.3) is 0 Å². The van der Waals surface area contributed by atoms with Crippen molar-refractivity contribution in [3.8, 4) is 5.75 Å². The number of ether oxygens (including phenoxy) is 1. The summed E-state index contributed by atoms with van der Waals surface area (Å²) in [6.07, 6.45) is 0. The molecule has 8 heteroatoms. The number of nitro groups is 1. The molecule has 0 aliphatic rings. The molecule has 0 radical (unpaired) electrons. The summed E-state index contributed by atoms with van der Waals surface area (Å²) < 4.78 is 5.03. The zero-order chi connectivity index (χ0) is 14.4. The van der Waals surface area contributed by atoms with Crippen LogP contribution in [0.15, 0.2) is 24.3 Å². The van der Waals surface area contributed by atoms with Crippen molar-refractivity contribution in [2.24, 2.45) is 0 Å². The Kier molecular flexibility index (Phi) is 4.81. The van der Waals surface area contributed by atoms with Crippen molar-refractivity contribution in [2.75, 3.05) is 6.61 Å². The quantitative estimate of drug-likeness (QED) is 0.574. The van der Waals surface area contributed by atoms with Gasteiger partial charge in [0.15, 0.2) is 6.61 Å². The highest BCUT2D eigenvalue weighted by Crippen LogP contribution is 2.18. The van der Waals surface area contributed by atoms with Crippen LogP contribution in [0.2, 0.25) is 0 Å². The molecule has 1 atom stereocenters. The Hall–Kier alpha value is -2.64. The monoisotopic (exact) mass is 268 g/mol. The molecule has 0 saturated carbocycles. The lowest BCUT2D eigenvalue weighted by Gasteiger charge is -2.10. The van der Waals surface area contributed by atoms with Gasteiger partial charge in [0, 0.05) is 6.07 Å². The van der Waals surface area contributed by atoms with Gasteiger partial charge in [-0.2, -0.15) is 0 Å². The van der Waals surface area contributed by atoms with Crippen molar-refractivity contribution in [1.29, 1.82) is 0 Å². The normalized spacial score (nSPS) is 11.4. The molecule has 1 rings (SSSR count). The molecule has 1 aromatic carbocycles. The van der Waals surface area contributed by atoms with Crippen LogP contribution in [0.4, 0.5) is 5.69 Å². The fraction of sp³-hybridized carbons (Fsp3) is 0.273. The van der Waals surface area contributed by atoms with Gasteiger partial charge in [0.2, 0.25) is 0 Å². The SMILES string of the molecule is C[C@H](NC(=O)COc1cccc([N+](=O)[O-])c1)C(=O)O. The van der Waals surface area contributed by atoms with Crippen molar-refractivity contribution >= 4 is 17.6 Å². The third-order valence-corrected chi connectivity index (χ3v) is 2.15. The lowest BCUT2D eigenvalue weighted by Crippen LogP contribution is -2.40. The Morgan fingerprint density at radius 2 is 2.21 bits per heavy atom. The highest BCUT2D eigenvalue weighted by Gasteiger charge is 2.14. The maximum absolute atomic E-state index is 11.3. The van der Waals surface area contributed by atoms with E-state index in [2.05, 4.69) is 5.32 Å². The van der Waals surface area contributed by atoms with E-state index in [1.165, 1.54) is 31.2 Å². The van der Waals surface area contributed by atoms with Crippen LogP contribution in [-0.2, 0) is 9.59 Å². The number of aliphatic carboxylic acids is 1. The Balaban J connectivity index is 2.53. The molecule has 0 aliphatic heterocycles. The molecule has 0 spiro atoms. The minimum Gasteiger partial charge on any atom is -0.484 e. The van der Waals surface area contributed by atoms with Gasteiger partial charge in [-0.3, -0.25) is 19.7 Å². The molecule has 0 fully saturated rings. The predicted octanol–water partition coefficient (Wildman–Crippen LogP) is 0.563. The molecule has 0 aromatic heterocycles. The van der Waals surface area contributed by atoms with Gasteiger partial charge in [0.05, 0.1) is 11.0 Å². The second kappa shape index (κ2) is 6.34. The summed E-state index contributed by atoms with van der Waals surface area (Å²) in [5.41, 5.74) is -0.156. The van der Waals surface area contributed by atoms with Crippen molar-refractivity contribution in [2.45, 2.75) is 13.0 Å². The number of hydrogen-bond donors (Lipinski definition) is 2. The van der Waals surface area contributed by atoms with Gasteiger partial charge in [-0.25, -0.2) is 0 Å². The second-order valence-corrected chi connectivity index (χ2v) is 3.67. The molecule has 0 aliphatic carbocycles. The number of carbonyl (C=O) groups excluding carboxylic acids is 1. The van der Waals surface area contributed by atoms with Crippen LogP contribution in [0.1, 0.15) is 6.92 Å². The predicted molar refractivity (Wildman–Crippen MR) is 63.8 cm³/mol. The number of non-ortho nitro benzene ring substituents is 1. The topological polar surface area (TPSA) is 119 Å². The number of carbonyl (C=O) groups is 2. The van der Waals surface area contributed by atoms with Gasteiger partial charge in [0.1, 0.15) is 11.8 Å². The lowest BCUT2D eigenvalue weighted by atomic mass is 10.3. The molecular formula is C11H12N2O6. The van der Waals surface area contributed by atoms with Crippen LogP contribution < -0.4 is 10.1 Å². The Morgan fingerprint density at radius 3 is 2.79 bits per heavy atom. The fourth-order valence-electron chi connectivity index (χ4n) is 1.18. The highest BCUT2D eigenvalue weighted by molar-refractivity contribution is 5.84. The van der Waals surface area contributed by atoms with E-state index < -0.39 is 29.4 Å². The lowest BCUT2D eigenvalue weighted by molar-refractivity contribution is -0.384. The van der Waals surface area contributed by atoms with Crippen LogP contribution in [-0.4, -0.2) is 34.6 Å². The van der Waals surface area contributed by atoms with E-state index in [0.717, 1.165) is 0 Å². The molecule has 2 N–H and O–H groups in total. The summed E-state index contributed by atoms with van der Waals surface area (Å²) >= 11 is 0. The van der Waals surface area contributed by atoms with Gasteiger partial charge in [0.25, 0.3) is 11.6 Å². The van der Waals surface area contributed by atoms with Crippen LogP contribution in [0.3, 0.4) is 0 Å². The smallest absolute Gasteiger partial charge is 0.325 e. The zero-order valence-electron chi connectivity index (χ0n) is 10.0. The third-order valence-electron chi connectivity index (χ3n) is 2.15. The first-order valence-electron chi connectivity index (χ1n) is 5.29. The summed E-state index contributed by atoms with van der Waals surface area (Å²) in [5, 5.41) is 21.3. The van der Waals surface area contributed by atoms with Crippen molar-refractivity contribution in [1.82, 2.24) is 5.32 Å². The second-order valence-electron chi connectivity index (χ2n) is 3.67. The van der Waals surface area contributed by atoms with E-state index in [9.17, 15) is 19.7 Å². The Morgan fingerprint density at radius 1 is 1.53 bits per heavy atom.